The molecule has 2 aromatic rings. The van der Waals surface area contributed by atoms with Crippen molar-refractivity contribution in [1.29, 1.82) is 0 Å². The lowest BCUT2D eigenvalue weighted by Crippen LogP contribution is -2.46. The number of phenols is 1. The van der Waals surface area contributed by atoms with Crippen molar-refractivity contribution in [2.45, 2.75) is 44.5 Å². The van der Waals surface area contributed by atoms with Crippen molar-refractivity contribution < 1.29 is 29.6 Å². The zero-order valence-corrected chi connectivity index (χ0v) is 15.7. The number of ether oxygens (including phenoxy) is 2. The van der Waals surface area contributed by atoms with Gasteiger partial charge in [-0.25, -0.2) is 4.79 Å². The first-order valence-electron chi connectivity index (χ1n) is 9.17. The lowest BCUT2D eigenvalue weighted by molar-refractivity contribution is -0.141. The Kier molecular flexibility index (Phi) is 4.31. The Labute approximate surface area is 162 Å². The molecule has 2 aromatic carbocycles. The quantitative estimate of drug-likeness (QED) is 0.707. The van der Waals surface area contributed by atoms with Gasteiger partial charge in [0.1, 0.15) is 23.2 Å². The average Bonchev–Trinajstić information content (AvgIpc) is 2.91. The van der Waals surface area contributed by atoms with Gasteiger partial charge in [0.2, 0.25) is 5.76 Å². The molecule has 2 aliphatic heterocycles. The van der Waals surface area contributed by atoms with E-state index < -0.39 is 29.5 Å². The number of esters is 1. The summed E-state index contributed by atoms with van der Waals surface area (Å²) >= 11 is 0. The van der Waals surface area contributed by atoms with Gasteiger partial charge in [-0.1, -0.05) is 24.3 Å². The van der Waals surface area contributed by atoms with Gasteiger partial charge in [0.05, 0.1) is 6.10 Å². The third kappa shape index (κ3) is 3.20. The third-order valence-corrected chi connectivity index (χ3v) is 5.33. The van der Waals surface area contributed by atoms with Gasteiger partial charge in [0.15, 0.2) is 0 Å². The summed E-state index contributed by atoms with van der Waals surface area (Å²) in [6, 6.07) is 11.9. The predicted octanol–water partition coefficient (Wildman–Crippen LogP) is 2.90. The molecule has 0 aliphatic carbocycles. The molecule has 4 rings (SSSR count). The van der Waals surface area contributed by atoms with Crippen molar-refractivity contribution in [3.63, 3.8) is 0 Å². The minimum absolute atomic E-state index is 0.0989. The van der Waals surface area contributed by atoms with E-state index in [9.17, 15) is 20.1 Å². The maximum atomic E-state index is 11.9. The predicted molar refractivity (Wildman–Crippen MR) is 102 cm³/mol. The van der Waals surface area contributed by atoms with Crippen molar-refractivity contribution in [3.05, 3.63) is 64.9 Å². The molecule has 0 saturated carbocycles. The lowest BCUT2D eigenvalue weighted by atomic mass is 9.89. The Morgan fingerprint density at radius 2 is 1.82 bits per heavy atom. The van der Waals surface area contributed by atoms with Gasteiger partial charge >= 0.3 is 5.97 Å². The number of carbonyl (C=O) groups excluding carboxylic acids is 1. The second-order valence-corrected chi connectivity index (χ2v) is 7.77. The number of carbonyl (C=O) groups is 1. The number of cyclic esters (lactones) is 1. The number of aromatic hydroxyl groups is 1. The van der Waals surface area contributed by atoms with Crippen LogP contribution in [0.3, 0.4) is 0 Å². The molecule has 0 saturated heterocycles. The van der Waals surface area contributed by atoms with Crippen LogP contribution in [-0.2, 0) is 22.4 Å². The molecule has 146 valence electrons. The summed E-state index contributed by atoms with van der Waals surface area (Å²) in [6.07, 6.45) is -0.400. The van der Waals surface area contributed by atoms with E-state index in [-0.39, 0.29) is 5.75 Å². The van der Waals surface area contributed by atoms with Crippen LogP contribution in [0.2, 0.25) is 0 Å². The molecule has 2 unspecified atom stereocenters. The standard InChI is InChI=1S/C22H22O6/c1-22(2)18(24)11-14-9-12(3-8-16(14)28-22)10-17-19(20(25)21(26)27-17)13-4-6-15(23)7-5-13/h3-9,17-18,23-25H,10-11H2,1-2H3. The highest BCUT2D eigenvalue weighted by Gasteiger charge is 2.37. The molecule has 28 heavy (non-hydrogen) atoms. The Bertz CT molecular complexity index is 957. The maximum absolute atomic E-state index is 11.9. The van der Waals surface area contributed by atoms with E-state index in [0.717, 1.165) is 16.9 Å². The number of hydrogen-bond acceptors (Lipinski definition) is 6. The van der Waals surface area contributed by atoms with Gasteiger partial charge in [0, 0.05) is 18.4 Å². The van der Waals surface area contributed by atoms with E-state index in [4.69, 9.17) is 9.47 Å². The number of phenolic OH excluding ortho intramolecular Hbond substituents is 1. The molecule has 6 nitrogen and oxygen atoms in total. The van der Waals surface area contributed by atoms with Crippen LogP contribution in [0, 0.1) is 0 Å². The largest absolute Gasteiger partial charge is 0.508 e. The van der Waals surface area contributed by atoms with E-state index in [1.807, 2.05) is 32.0 Å². The smallest absolute Gasteiger partial charge is 0.374 e. The van der Waals surface area contributed by atoms with E-state index in [1.54, 1.807) is 12.1 Å². The van der Waals surface area contributed by atoms with Gasteiger partial charge in [-0.3, -0.25) is 0 Å². The first kappa shape index (κ1) is 18.4. The molecule has 2 aliphatic rings. The summed E-state index contributed by atoms with van der Waals surface area (Å²) in [4.78, 5) is 11.9. The lowest BCUT2D eigenvalue weighted by Gasteiger charge is -2.37. The molecule has 2 atom stereocenters. The molecular weight excluding hydrogens is 360 g/mol. The summed E-state index contributed by atoms with van der Waals surface area (Å²) in [5.41, 5.74) is 2.17. The highest BCUT2D eigenvalue weighted by atomic mass is 16.6. The van der Waals surface area contributed by atoms with Gasteiger partial charge in [-0.05, 0) is 48.7 Å². The molecule has 0 amide bonds. The number of hydrogen-bond donors (Lipinski definition) is 3. The van der Waals surface area contributed by atoms with Gasteiger partial charge < -0.3 is 24.8 Å². The molecule has 3 N–H and O–H groups in total. The van der Waals surface area contributed by atoms with Crippen LogP contribution in [0.1, 0.15) is 30.5 Å². The first-order valence-corrected chi connectivity index (χ1v) is 9.17. The van der Waals surface area contributed by atoms with Crippen LogP contribution in [0.15, 0.2) is 48.2 Å². The summed E-state index contributed by atoms with van der Waals surface area (Å²) < 4.78 is 11.3. The number of fused-ring (bicyclic) bond motifs is 1. The van der Waals surface area contributed by atoms with Crippen molar-refractivity contribution in [2.75, 3.05) is 0 Å². The van der Waals surface area contributed by atoms with E-state index >= 15 is 0 Å². The normalized spacial score (nSPS) is 23.2. The Hall–Kier alpha value is -2.99. The Morgan fingerprint density at radius 3 is 2.54 bits per heavy atom. The molecule has 2 heterocycles. The van der Waals surface area contributed by atoms with Crippen LogP contribution in [0.4, 0.5) is 0 Å². The topological polar surface area (TPSA) is 96.2 Å². The fraction of sp³-hybridized carbons (Fsp3) is 0.318. The van der Waals surface area contributed by atoms with Crippen molar-refractivity contribution in [1.82, 2.24) is 0 Å². The van der Waals surface area contributed by atoms with Gasteiger partial charge in [-0.2, -0.15) is 0 Å². The minimum Gasteiger partial charge on any atom is -0.508 e. The zero-order valence-electron chi connectivity index (χ0n) is 15.7. The van der Waals surface area contributed by atoms with Gasteiger partial charge in [-0.15, -0.1) is 0 Å². The van der Waals surface area contributed by atoms with Crippen molar-refractivity contribution >= 4 is 11.5 Å². The first-order chi connectivity index (χ1) is 13.2. The van der Waals surface area contributed by atoms with Crippen LogP contribution < -0.4 is 4.74 Å². The van der Waals surface area contributed by atoms with Crippen LogP contribution >= 0.6 is 0 Å². The molecule has 0 radical (unpaired) electrons. The fourth-order valence-electron chi connectivity index (χ4n) is 3.65. The third-order valence-electron chi connectivity index (χ3n) is 5.33. The van der Waals surface area contributed by atoms with E-state index in [0.29, 0.717) is 24.0 Å². The molecular formula is C22H22O6. The summed E-state index contributed by atoms with van der Waals surface area (Å²) in [5, 5.41) is 30.0. The second-order valence-electron chi connectivity index (χ2n) is 7.77. The van der Waals surface area contributed by atoms with E-state index in [2.05, 4.69) is 0 Å². The van der Waals surface area contributed by atoms with Crippen LogP contribution in [0.25, 0.3) is 5.57 Å². The summed E-state index contributed by atoms with van der Waals surface area (Å²) in [7, 11) is 0. The Morgan fingerprint density at radius 1 is 1.11 bits per heavy atom. The van der Waals surface area contributed by atoms with Crippen molar-refractivity contribution in [2.24, 2.45) is 0 Å². The molecule has 6 heteroatoms. The average molecular weight is 382 g/mol. The summed E-state index contributed by atoms with van der Waals surface area (Å²) in [6.45, 7) is 3.70. The number of rotatable bonds is 3. The highest BCUT2D eigenvalue weighted by Crippen LogP contribution is 2.36. The molecule has 0 aromatic heterocycles. The Balaban J connectivity index is 1.61. The highest BCUT2D eigenvalue weighted by molar-refractivity contribution is 6.00. The number of aliphatic hydroxyl groups excluding tert-OH is 2. The van der Waals surface area contributed by atoms with E-state index in [1.165, 1.54) is 12.1 Å². The minimum atomic E-state index is -0.758. The number of benzene rings is 2. The van der Waals surface area contributed by atoms with Crippen LogP contribution in [-0.4, -0.2) is 39.1 Å². The maximum Gasteiger partial charge on any atom is 0.374 e. The molecule has 0 spiro atoms. The fourth-order valence-corrected chi connectivity index (χ4v) is 3.65. The number of aliphatic hydroxyl groups is 2. The van der Waals surface area contributed by atoms with Crippen LogP contribution in [0.5, 0.6) is 11.5 Å². The molecule has 0 bridgehead atoms. The summed E-state index contributed by atoms with van der Waals surface area (Å²) in [5.74, 6) is -0.331. The SMILES string of the molecule is CC1(C)Oc2ccc(CC3OC(=O)C(O)=C3c3ccc(O)cc3)cc2CC1O. The second kappa shape index (κ2) is 6.56. The van der Waals surface area contributed by atoms with Gasteiger partial charge in [0.25, 0.3) is 0 Å². The monoisotopic (exact) mass is 382 g/mol. The molecule has 0 fully saturated rings. The van der Waals surface area contributed by atoms with Crippen molar-refractivity contribution in [3.8, 4) is 11.5 Å². The zero-order chi connectivity index (χ0) is 20.1.